The van der Waals surface area contributed by atoms with Gasteiger partial charge in [0, 0.05) is 45.9 Å². The molecule has 5 nitrogen and oxygen atoms in total. The van der Waals surface area contributed by atoms with E-state index in [1.165, 1.54) is 13.0 Å². The number of nitrogens with zero attached hydrogens (tertiary/aromatic N) is 2. The number of likely N-dealkylation sites (tertiary alicyclic amines) is 1. The van der Waals surface area contributed by atoms with Crippen LogP contribution in [0.1, 0.15) is 39.0 Å². The first-order valence-corrected chi connectivity index (χ1v) is 8.40. The molecule has 2 N–H and O–H groups in total. The van der Waals surface area contributed by atoms with E-state index >= 15 is 0 Å². The molecule has 21 heavy (non-hydrogen) atoms. The SMILES string of the molecule is CCCN1CCC(N(C)C(=O)C2(CN)CCOCC2)CC1. The van der Waals surface area contributed by atoms with E-state index in [-0.39, 0.29) is 11.3 Å². The van der Waals surface area contributed by atoms with Crippen molar-refractivity contribution in [3.05, 3.63) is 0 Å². The fraction of sp³-hybridized carbons (Fsp3) is 0.938. The van der Waals surface area contributed by atoms with Crippen LogP contribution in [0.4, 0.5) is 0 Å². The van der Waals surface area contributed by atoms with Crippen molar-refractivity contribution in [2.45, 2.75) is 45.1 Å². The molecule has 2 rings (SSSR count). The Morgan fingerprint density at radius 1 is 1.33 bits per heavy atom. The summed E-state index contributed by atoms with van der Waals surface area (Å²) in [5.41, 5.74) is 5.58. The highest BCUT2D eigenvalue weighted by Gasteiger charge is 2.42. The molecule has 2 saturated heterocycles. The van der Waals surface area contributed by atoms with Crippen molar-refractivity contribution in [2.24, 2.45) is 11.1 Å². The maximum atomic E-state index is 12.9. The van der Waals surface area contributed by atoms with E-state index in [1.807, 2.05) is 11.9 Å². The Labute approximate surface area is 128 Å². The van der Waals surface area contributed by atoms with E-state index in [1.54, 1.807) is 0 Å². The van der Waals surface area contributed by atoms with Crippen molar-refractivity contribution in [1.82, 2.24) is 9.80 Å². The number of carbonyl (C=O) groups excluding carboxylic acids is 1. The second-order valence-electron chi connectivity index (χ2n) is 6.59. The summed E-state index contributed by atoms with van der Waals surface area (Å²) in [5.74, 6) is 0.238. The first kappa shape index (κ1) is 16.7. The van der Waals surface area contributed by atoms with E-state index in [2.05, 4.69) is 11.8 Å². The van der Waals surface area contributed by atoms with Crippen molar-refractivity contribution < 1.29 is 9.53 Å². The average molecular weight is 297 g/mol. The second-order valence-corrected chi connectivity index (χ2v) is 6.59. The molecule has 0 saturated carbocycles. The van der Waals surface area contributed by atoms with Crippen molar-refractivity contribution in [1.29, 1.82) is 0 Å². The topological polar surface area (TPSA) is 58.8 Å². The summed E-state index contributed by atoms with van der Waals surface area (Å²) < 4.78 is 5.41. The molecule has 1 amide bonds. The Morgan fingerprint density at radius 2 is 1.95 bits per heavy atom. The molecule has 5 heteroatoms. The lowest BCUT2D eigenvalue weighted by Crippen LogP contribution is -2.54. The molecular formula is C16H31N3O2. The Balaban J connectivity index is 1.93. The van der Waals surface area contributed by atoms with Crippen LogP contribution in [0.5, 0.6) is 0 Å². The quantitative estimate of drug-likeness (QED) is 0.825. The van der Waals surface area contributed by atoms with Gasteiger partial charge in [-0.3, -0.25) is 4.79 Å². The summed E-state index contributed by atoms with van der Waals surface area (Å²) in [6, 6.07) is 0.372. The fourth-order valence-corrected chi connectivity index (χ4v) is 3.65. The number of rotatable bonds is 5. The third-order valence-electron chi connectivity index (χ3n) is 5.26. The number of ether oxygens (including phenoxy) is 1. The van der Waals surface area contributed by atoms with Gasteiger partial charge >= 0.3 is 0 Å². The maximum Gasteiger partial charge on any atom is 0.230 e. The lowest BCUT2D eigenvalue weighted by atomic mass is 9.78. The van der Waals surface area contributed by atoms with Crippen LogP contribution in [0.2, 0.25) is 0 Å². The molecule has 0 aromatic carbocycles. The molecule has 2 aliphatic rings. The number of hydrogen-bond donors (Lipinski definition) is 1. The number of piperidine rings is 1. The first-order chi connectivity index (χ1) is 10.1. The van der Waals surface area contributed by atoms with Crippen molar-refractivity contribution in [2.75, 3.05) is 46.4 Å². The van der Waals surface area contributed by atoms with Crippen LogP contribution >= 0.6 is 0 Å². The predicted octanol–water partition coefficient (Wildman–Crippen LogP) is 1.07. The molecule has 122 valence electrons. The molecule has 2 aliphatic heterocycles. The lowest BCUT2D eigenvalue weighted by Gasteiger charge is -2.42. The van der Waals surface area contributed by atoms with Gasteiger partial charge in [-0.15, -0.1) is 0 Å². The molecule has 2 heterocycles. The molecule has 0 bridgehead atoms. The van der Waals surface area contributed by atoms with Gasteiger partial charge < -0.3 is 20.3 Å². The molecule has 0 aromatic heterocycles. The van der Waals surface area contributed by atoms with Crippen LogP contribution < -0.4 is 5.73 Å². The normalized spacial score (nSPS) is 24.0. The molecule has 0 unspecified atom stereocenters. The highest BCUT2D eigenvalue weighted by Crippen LogP contribution is 2.32. The van der Waals surface area contributed by atoms with Crippen LogP contribution in [-0.4, -0.2) is 68.2 Å². The highest BCUT2D eigenvalue weighted by molar-refractivity contribution is 5.83. The van der Waals surface area contributed by atoms with Gasteiger partial charge in [0.05, 0.1) is 5.41 Å². The largest absolute Gasteiger partial charge is 0.381 e. The Morgan fingerprint density at radius 3 is 2.48 bits per heavy atom. The van der Waals surface area contributed by atoms with Gasteiger partial charge in [0.25, 0.3) is 0 Å². The molecule has 0 atom stereocenters. The number of amides is 1. The zero-order valence-electron chi connectivity index (χ0n) is 13.6. The van der Waals surface area contributed by atoms with Gasteiger partial charge in [-0.1, -0.05) is 6.92 Å². The molecular weight excluding hydrogens is 266 g/mol. The summed E-state index contributed by atoms with van der Waals surface area (Å²) in [7, 11) is 1.97. The third-order valence-corrected chi connectivity index (χ3v) is 5.26. The minimum atomic E-state index is -0.381. The van der Waals surface area contributed by atoms with Crippen LogP contribution in [0.25, 0.3) is 0 Å². The van der Waals surface area contributed by atoms with Gasteiger partial charge in [0.2, 0.25) is 5.91 Å². The summed E-state index contributed by atoms with van der Waals surface area (Å²) in [4.78, 5) is 17.4. The van der Waals surface area contributed by atoms with Crippen LogP contribution in [0.15, 0.2) is 0 Å². The van der Waals surface area contributed by atoms with Crippen LogP contribution in [0.3, 0.4) is 0 Å². The van der Waals surface area contributed by atoms with E-state index in [9.17, 15) is 4.79 Å². The van der Waals surface area contributed by atoms with Crippen LogP contribution in [0, 0.1) is 5.41 Å². The number of nitrogens with two attached hydrogens (primary N) is 1. The highest BCUT2D eigenvalue weighted by atomic mass is 16.5. The predicted molar refractivity (Wildman–Crippen MR) is 84.1 cm³/mol. The minimum Gasteiger partial charge on any atom is -0.381 e. The average Bonchev–Trinajstić information content (AvgIpc) is 2.55. The Hall–Kier alpha value is -0.650. The number of hydrogen-bond acceptors (Lipinski definition) is 4. The fourth-order valence-electron chi connectivity index (χ4n) is 3.65. The van der Waals surface area contributed by atoms with E-state index in [0.717, 1.165) is 38.8 Å². The summed E-state index contributed by atoms with van der Waals surface area (Å²) in [6.45, 7) is 7.36. The van der Waals surface area contributed by atoms with Gasteiger partial charge in [-0.2, -0.15) is 0 Å². The van der Waals surface area contributed by atoms with E-state index < -0.39 is 0 Å². The number of carbonyl (C=O) groups is 1. The molecule has 0 aliphatic carbocycles. The van der Waals surface area contributed by atoms with Crippen molar-refractivity contribution in [3.63, 3.8) is 0 Å². The molecule has 0 aromatic rings. The smallest absolute Gasteiger partial charge is 0.230 e. The summed E-state index contributed by atoms with van der Waals surface area (Å²) in [6.07, 6.45) is 4.90. The zero-order valence-corrected chi connectivity index (χ0v) is 13.6. The van der Waals surface area contributed by atoms with E-state index in [4.69, 9.17) is 10.5 Å². The Kier molecular flexibility index (Phi) is 6.02. The monoisotopic (exact) mass is 297 g/mol. The van der Waals surface area contributed by atoms with Crippen LogP contribution in [-0.2, 0) is 9.53 Å². The van der Waals surface area contributed by atoms with Crippen molar-refractivity contribution in [3.8, 4) is 0 Å². The third kappa shape index (κ3) is 3.76. The lowest BCUT2D eigenvalue weighted by molar-refractivity contribution is -0.148. The second kappa shape index (κ2) is 7.56. The van der Waals surface area contributed by atoms with Crippen molar-refractivity contribution >= 4 is 5.91 Å². The van der Waals surface area contributed by atoms with Gasteiger partial charge in [0.1, 0.15) is 0 Å². The standard InChI is InChI=1S/C16H31N3O2/c1-3-8-19-9-4-14(5-10-19)18(2)15(20)16(13-17)6-11-21-12-7-16/h14H,3-13,17H2,1-2H3. The summed E-state index contributed by atoms with van der Waals surface area (Å²) in [5, 5.41) is 0. The van der Waals surface area contributed by atoms with E-state index in [0.29, 0.717) is 25.8 Å². The molecule has 0 radical (unpaired) electrons. The Bertz CT molecular complexity index is 334. The van der Waals surface area contributed by atoms with Gasteiger partial charge in [-0.25, -0.2) is 0 Å². The first-order valence-electron chi connectivity index (χ1n) is 8.40. The minimum absolute atomic E-state index is 0.238. The molecule has 2 fully saturated rings. The maximum absolute atomic E-state index is 12.9. The van der Waals surface area contributed by atoms with Gasteiger partial charge in [0.15, 0.2) is 0 Å². The summed E-state index contributed by atoms with van der Waals surface area (Å²) >= 11 is 0. The zero-order chi connectivity index (χ0) is 15.3. The van der Waals surface area contributed by atoms with Gasteiger partial charge in [-0.05, 0) is 38.6 Å². The molecule has 0 spiro atoms.